The standard InChI is InChI=1S/C14H25N3O/c1-3-12-9-13(17(4-2)16-12)10-18-11-14(15)7-5-6-8-14/h9H,3-8,10-11,15H2,1-2H3. The van der Waals surface area contributed by atoms with Crippen LogP contribution >= 0.6 is 0 Å². The third-order valence-electron chi connectivity index (χ3n) is 3.81. The Balaban J connectivity index is 1.87. The van der Waals surface area contributed by atoms with E-state index in [4.69, 9.17) is 10.5 Å². The molecule has 0 amide bonds. The van der Waals surface area contributed by atoms with Gasteiger partial charge in [0.25, 0.3) is 0 Å². The second-order valence-corrected chi connectivity index (χ2v) is 5.36. The van der Waals surface area contributed by atoms with Crippen LogP contribution in [0.2, 0.25) is 0 Å². The monoisotopic (exact) mass is 251 g/mol. The van der Waals surface area contributed by atoms with Gasteiger partial charge in [0.05, 0.1) is 24.6 Å². The van der Waals surface area contributed by atoms with E-state index in [9.17, 15) is 0 Å². The maximum Gasteiger partial charge on any atom is 0.0885 e. The van der Waals surface area contributed by atoms with E-state index >= 15 is 0 Å². The minimum Gasteiger partial charge on any atom is -0.373 e. The summed E-state index contributed by atoms with van der Waals surface area (Å²) in [5.41, 5.74) is 8.50. The highest BCUT2D eigenvalue weighted by molar-refractivity contribution is 5.09. The summed E-state index contributed by atoms with van der Waals surface area (Å²) in [7, 11) is 0. The number of rotatable bonds is 6. The predicted octanol–water partition coefficient (Wildman–Crippen LogP) is 2.25. The smallest absolute Gasteiger partial charge is 0.0885 e. The molecule has 18 heavy (non-hydrogen) atoms. The highest BCUT2D eigenvalue weighted by atomic mass is 16.5. The van der Waals surface area contributed by atoms with E-state index < -0.39 is 0 Å². The van der Waals surface area contributed by atoms with Crippen molar-refractivity contribution in [3.05, 3.63) is 17.5 Å². The van der Waals surface area contributed by atoms with E-state index in [1.54, 1.807) is 0 Å². The molecular weight excluding hydrogens is 226 g/mol. The molecule has 2 rings (SSSR count). The molecule has 0 bridgehead atoms. The molecule has 1 aromatic rings. The topological polar surface area (TPSA) is 53.1 Å². The molecule has 1 saturated carbocycles. The summed E-state index contributed by atoms with van der Waals surface area (Å²) in [6.45, 7) is 6.42. The first-order chi connectivity index (χ1) is 8.67. The normalized spacial score (nSPS) is 18.4. The third-order valence-corrected chi connectivity index (χ3v) is 3.81. The summed E-state index contributed by atoms with van der Waals surface area (Å²) >= 11 is 0. The van der Waals surface area contributed by atoms with Gasteiger partial charge < -0.3 is 10.5 Å². The number of nitrogens with two attached hydrogens (primary N) is 1. The van der Waals surface area contributed by atoms with E-state index in [-0.39, 0.29) is 5.54 Å². The summed E-state index contributed by atoms with van der Waals surface area (Å²) in [6, 6.07) is 2.14. The highest BCUT2D eigenvalue weighted by Crippen LogP contribution is 2.27. The van der Waals surface area contributed by atoms with Crippen LogP contribution in [-0.2, 0) is 24.3 Å². The molecule has 0 saturated heterocycles. The van der Waals surface area contributed by atoms with Crippen molar-refractivity contribution in [2.75, 3.05) is 6.61 Å². The van der Waals surface area contributed by atoms with Crippen LogP contribution in [0.3, 0.4) is 0 Å². The Morgan fingerprint density at radius 1 is 1.39 bits per heavy atom. The van der Waals surface area contributed by atoms with Crippen LogP contribution in [0.5, 0.6) is 0 Å². The lowest BCUT2D eigenvalue weighted by Crippen LogP contribution is -2.41. The van der Waals surface area contributed by atoms with Crippen molar-refractivity contribution in [1.29, 1.82) is 0 Å². The van der Waals surface area contributed by atoms with E-state index in [1.165, 1.54) is 12.8 Å². The van der Waals surface area contributed by atoms with Crippen molar-refractivity contribution in [3.8, 4) is 0 Å². The number of aromatic nitrogens is 2. The molecule has 102 valence electrons. The van der Waals surface area contributed by atoms with E-state index in [0.29, 0.717) is 13.2 Å². The van der Waals surface area contributed by atoms with Gasteiger partial charge in [-0.05, 0) is 32.3 Å². The van der Waals surface area contributed by atoms with Crippen LogP contribution in [-0.4, -0.2) is 21.9 Å². The van der Waals surface area contributed by atoms with Crippen molar-refractivity contribution in [1.82, 2.24) is 9.78 Å². The van der Waals surface area contributed by atoms with Crippen LogP contribution in [0.25, 0.3) is 0 Å². The van der Waals surface area contributed by atoms with Crippen LogP contribution in [0.1, 0.15) is 50.9 Å². The maximum atomic E-state index is 6.28. The summed E-state index contributed by atoms with van der Waals surface area (Å²) in [4.78, 5) is 0. The zero-order valence-electron chi connectivity index (χ0n) is 11.6. The summed E-state index contributed by atoms with van der Waals surface area (Å²) in [5, 5.41) is 4.52. The highest BCUT2D eigenvalue weighted by Gasteiger charge is 2.29. The molecule has 1 aliphatic carbocycles. The van der Waals surface area contributed by atoms with Crippen molar-refractivity contribution >= 4 is 0 Å². The van der Waals surface area contributed by atoms with Gasteiger partial charge in [-0.1, -0.05) is 19.8 Å². The van der Waals surface area contributed by atoms with Gasteiger partial charge in [-0.2, -0.15) is 5.10 Å². The minimum atomic E-state index is -0.0787. The Bertz CT molecular complexity index is 380. The molecule has 1 fully saturated rings. The van der Waals surface area contributed by atoms with Crippen LogP contribution < -0.4 is 5.73 Å². The van der Waals surface area contributed by atoms with Gasteiger partial charge in [-0.3, -0.25) is 4.68 Å². The molecule has 2 N–H and O–H groups in total. The number of aryl methyl sites for hydroxylation is 2. The summed E-state index contributed by atoms with van der Waals surface area (Å²) < 4.78 is 7.85. The van der Waals surface area contributed by atoms with E-state index in [0.717, 1.165) is 37.2 Å². The molecule has 0 atom stereocenters. The van der Waals surface area contributed by atoms with Crippen molar-refractivity contribution in [2.24, 2.45) is 5.73 Å². The fraction of sp³-hybridized carbons (Fsp3) is 0.786. The second-order valence-electron chi connectivity index (χ2n) is 5.36. The number of hydrogen-bond acceptors (Lipinski definition) is 3. The average molecular weight is 251 g/mol. The molecule has 0 spiro atoms. The quantitative estimate of drug-likeness (QED) is 0.843. The molecule has 0 radical (unpaired) electrons. The lowest BCUT2D eigenvalue weighted by atomic mass is 10.0. The predicted molar refractivity (Wildman–Crippen MR) is 72.3 cm³/mol. The Hall–Kier alpha value is -0.870. The van der Waals surface area contributed by atoms with Crippen molar-refractivity contribution in [2.45, 2.75) is 64.6 Å². The molecule has 1 heterocycles. The van der Waals surface area contributed by atoms with Gasteiger partial charge in [0, 0.05) is 12.1 Å². The molecular formula is C14H25N3O. The molecule has 1 aromatic heterocycles. The third kappa shape index (κ3) is 3.12. The van der Waals surface area contributed by atoms with Gasteiger partial charge in [0.15, 0.2) is 0 Å². The van der Waals surface area contributed by atoms with Crippen LogP contribution in [0.15, 0.2) is 6.07 Å². The van der Waals surface area contributed by atoms with Crippen molar-refractivity contribution < 1.29 is 4.74 Å². The fourth-order valence-electron chi connectivity index (χ4n) is 2.66. The lowest BCUT2D eigenvalue weighted by Gasteiger charge is -2.23. The molecule has 0 unspecified atom stereocenters. The Morgan fingerprint density at radius 3 is 2.72 bits per heavy atom. The Morgan fingerprint density at radius 2 is 2.11 bits per heavy atom. The number of ether oxygens (including phenoxy) is 1. The molecule has 0 aromatic carbocycles. The second kappa shape index (κ2) is 5.85. The maximum absolute atomic E-state index is 6.28. The lowest BCUT2D eigenvalue weighted by molar-refractivity contribution is 0.0709. The van der Waals surface area contributed by atoms with E-state index in [1.807, 2.05) is 4.68 Å². The first-order valence-electron chi connectivity index (χ1n) is 7.09. The molecule has 4 heteroatoms. The van der Waals surface area contributed by atoms with Crippen LogP contribution in [0, 0.1) is 0 Å². The molecule has 4 nitrogen and oxygen atoms in total. The number of nitrogens with zero attached hydrogens (tertiary/aromatic N) is 2. The first-order valence-corrected chi connectivity index (χ1v) is 7.09. The zero-order valence-corrected chi connectivity index (χ0v) is 11.6. The van der Waals surface area contributed by atoms with Crippen molar-refractivity contribution in [3.63, 3.8) is 0 Å². The van der Waals surface area contributed by atoms with Gasteiger partial charge >= 0.3 is 0 Å². The average Bonchev–Trinajstić information content (AvgIpc) is 2.96. The zero-order chi connectivity index (χ0) is 13.0. The summed E-state index contributed by atoms with van der Waals surface area (Å²) in [6.07, 6.45) is 5.65. The Kier molecular flexibility index (Phi) is 4.40. The largest absolute Gasteiger partial charge is 0.373 e. The molecule has 1 aliphatic rings. The SMILES string of the molecule is CCc1cc(COCC2(N)CCCC2)n(CC)n1. The minimum absolute atomic E-state index is 0.0787. The van der Waals surface area contributed by atoms with Gasteiger partial charge in [-0.25, -0.2) is 0 Å². The summed E-state index contributed by atoms with van der Waals surface area (Å²) in [5.74, 6) is 0. The van der Waals surface area contributed by atoms with E-state index in [2.05, 4.69) is 25.0 Å². The fourth-order valence-corrected chi connectivity index (χ4v) is 2.66. The van der Waals surface area contributed by atoms with Crippen LogP contribution in [0.4, 0.5) is 0 Å². The first kappa shape index (κ1) is 13.6. The number of hydrogen-bond donors (Lipinski definition) is 1. The van der Waals surface area contributed by atoms with Gasteiger partial charge in [0.1, 0.15) is 0 Å². The van der Waals surface area contributed by atoms with Gasteiger partial charge in [0.2, 0.25) is 0 Å². The molecule has 0 aliphatic heterocycles. The van der Waals surface area contributed by atoms with Gasteiger partial charge in [-0.15, -0.1) is 0 Å². The Labute approximate surface area is 110 Å².